The van der Waals surface area contributed by atoms with Gasteiger partial charge in [0.25, 0.3) is 0 Å². The topological polar surface area (TPSA) is 32.7 Å². The van der Waals surface area contributed by atoms with E-state index in [2.05, 4.69) is 39.5 Å². The van der Waals surface area contributed by atoms with Crippen LogP contribution in [0.2, 0.25) is 0 Å². The Labute approximate surface area is 143 Å². The summed E-state index contributed by atoms with van der Waals surface area (Å²) in [5.41, 5.74) is 0.744. The summed E-state index contributed by atoms with van der Waals surface area (Å²) in [6, 6.07) is 0. The average molecular weight is 326 g/mol. The Morgan fingerprint density at radius 2 is 1.83 bits per heavy atom. The van der Waals surface area contributed by atoms with Crippen LogP contribution in [0.5, 0.6) is 0 Å². The summed E-state index contributed by atoms with van der Waals surface area (Å²) in [6.45, 7) is 15.4. The van der Waals surface area contributed by atoms with Gasteiger partial charge in [-0.05, 0) is 68.4 Å². The molecule has 0 aromatic carbocycles. The molecule has 2 aliphatic rings. The Balaban J connectivity index is 1.73. The number of nitrogens with zero attached hydrogens (tertiary/aromatic N) is 1. The van der Waals surface area contributed by atoms with Gasteiger partial charge in [-0.2, -0.15) is 0 Å². The summed E-state index contributed by atoms with van der Waals surface area (Å²) in [7, 11) is 0. The molecule has 3 nitrogen and oxygen atoms in total. The number of fused-ring (bicyclic) bond motifs is 2. The van der Waals surface area contributed by atoms with E-state index in [0.717, 1.165) is 44.8 Å². The zero-order chi connectivity index (χ0) is 17.1. The smallest absolute Gasteiger partial charge is 0.0689 e. The van der Waals surface area contributed by atoms with Gasteiger partial charge >= 0.3 is 0 Å². The van der Waals surface area contributed by atoms with E-state index < -0.39 is 0 Å². The molecule has 0 radical (unpaired) electrons. The molecule has 0 spiro atoms. The first-order valence-corrected chi connectivity index (χ1v) is 9.87. The minimum absolute atomic E-state index is 0.257. The van der Waals surface area contributed by atoms with E-state index in [9.17, 15) is 5.11 Å². The van der Waals surface area contributed by atoms with E-state index in [-0.39, 0.29) is 6.10 Å². The highest BCUT2D eigenvalue weighted by Crippen LogP contribution is 2.66. The minimum atomic E-state index is -0.257. The van der Waals surface area contributed by atoms with Crippen molar-refractivity contribution in [3.8, 4) is 0 Å². The van der Waals surface area contributed by atoms with Crippen LogP contribution in [0.3, 0.4) is 0 Å². The molecule has 2 rings (SSSR count). The second-order valence-electron chi connectivity index (χ2n) is 8.71. The second-order valence-corrected chi connectivity index (χ2v) is 8.71. The lowest BCUT2D eigenvalue weighted by molar-refractivity contribution is -0.0564. The van der Waals surface area contributed by atoms with E-state index >= 15 is 0 Å². The van der Waals surface area contributed by atoms with Crippen LogP contribution in [0.15, 0.2) is 0 Å². The third-order valence-corrected chi connectivity index (χ3v) is 7.03. The van der Waals surface area contributed by atoms with Crippen molar-refractivity contribution in [1.29, 1.82) is 0 Å². The summed E-state index contributed by atoms with van der Waals surface area (Å²) in [6.07, 6.45) is 7.10. The maximum Gasteiger partial charge on any atom is 0.0689 e. The largest absolute Gasteiger partial charge is 0.392 e. The molecule has 4 unspecified atom stereocenters. The Kier molecular flexibility index (Phi) is 6.55. The van der Waals surface area contributed by atoms with Crippen LogP contribution in [-0.2, 0) is 4.74 Å². The van der Waals surface area contributed by atoms with Crippen LogP contribution in [0.1, 0.15) is 73.1 Å². The first kappa shape index (κ1) is 19.2. The highest BCUT2D eigenvalue weighted by molar-refractivity contribution is 5.11. The van der Waals surface area contributed by atoms with E-state index in [1.807, 2.05) is 0 Å². The van der Waals surface area contributed by atoms with Crippen LogP contribution in [0, 0.1) is 16.7 Å². The number of hydrogen-bond donors (Lipinski definition) is 1. The Morgan fingerprint density at radius 3 is 2.30 bits per heavy atom. The fourth-order valence-corrected chi connectivity index (χ4v) is 5.04. The highest BCUT2D eigenvalue weighted by atomic mass is 16.5. The zero-order valence-electron chi connectivity index (χ0n) is 16.1. The molecule has 0 aromatic heterocycles. The van der Waals surface area contributed by atoms with Crippen molar-refractivity contribution in [2.75, 3.05) is 26.2 Å². The standard InChI is InChI=1S/C20H39NO2/c1-6-11-21(12-7-2)15-17(22)9-13-23-18-14-16-8-10-20(18,5)19(16,3)4/h16-18,22H,6-15H2,1-5H3. The molecular formula is C20H39NO2. The molecule has 2 saturated carbocycles. The molecule has 0 aromatic rings. The second kappa shape index (κ2) is 7.84. The number of aliphatic hydroxyl groups excluding tert-OH is 1. The lowest BCUT2D eigenvalue weighted by Gasteiger charge is -2.39. The summed E-state index contributed by atoms with van der Waals surface area (Å²) in [5, 5.41) is 10.3. The summed E-state index contributed by atoms with van der Waals surface area (Å²) < 4.78 is 6.27. The predicted molar refractivity (Wildman–Crippen MR) is 96.6 cm³/mol. The normalized spacial score (nSPS) is 33.5. The van der Waals surface area contributed by atoms with Gasteiger partial charge in [-0.25, -0.2) is 0 Å². The molecule has 0 aliphatic heterocycles. The fraction of sp³-hybridized carbons (Fsp3) is 1.00. The van der Waals surface area contributed by atoms with Gasteiger partial charge in [0.2, 0.25) is 0 Å². The number of aliphatic hydroxyl groups is 1. The maximum atomic E-state index is 10.3. The average Bonchev–Trinajstić information content (AvgIpc) is 2.81. The van der Waals surface area contributed by atoms with Crippen molar-refractivity contribution >= 4 is 0 Å². The number of ether oxygens (including phenoxy) is 1. The minimum Gasteiger partial charge on any atom is -0.392 e. The molecule has 0 amide bonds. The molecule has 136 valence electrons. The third kappa shape index (κ3) is 3.93. The fourth-order valence-electron chi connectivity index (χ4n) is 5.04. The molecule has 3 heteroatoms. The molecule has 2 aliphatic carbocycles. The third-order valence-electron chi connectivity index (χ3n) is 7.03. The van der Waals surface area contributed by atoms with Crippen molar-refractivity contribution < 1.29 is 9.84 Å². The van der Waals surface area contributed by atoms with Crippen LogP contribution >= 0.6 is 0 Å². The van der Waals surface area contributed by atoms with Gasteiger partial charge in [-0.3, -0.25) is 0 Å². The SMILES string of the molecule is CCCN(CCC)CC(O)CCOC1CC2CCC1(C)C2(C)C. The van der Waals surface area contributed by atoms with E-state index in [0.29, 0.717) is 23.5 Å². The van der Waals surface area contributed by atoms with Crippen LogP contribution in [0.4, 0.5) is 0 Å². The van der Waals surface area contributed by atoms with Crippen molar-refractivity contribution in [3.63, 3.8) is 0 Å². The Morgan fingerprint density at radius 1 is 1.17 bits per heavy atom. The molecule has 23 heavy (non-hydrogen) atoms. The van der Waals surface area contributed by atoms with Crippen LogP contribution in [0.25, 0.3) is 0 Å². The molecule has 2 bridgehead atoms. The monoisotopic (exact) mass is 325 g/mol. The van der Waals surface area contributed by atoms with Gasteiger partial charge in [0, 0.05) is 13.2 Å². The lowest BCUT2D eigenvalue weighted by atomic mass is 9.70. The van der Waals surface area contributed by atoms with Gasteiger partial charge < -0.3 is 14.7 Å². The molecule has 0 heterocycles. The van der Waals surface area contributed by atoms with Crippen molar-refractivity contribution in [3.05, 3.63) is 0 Å². The summed E-state index contributed by atoms with van der Waals surface area (Å²) in [4.78, 5) is 2.38. The van der Waals surface area contributed by atoms with Gasteiger partial charge in [-0.1, -0.05) is 34.6 Å². The number of hydrogen-bond acceptors (Lipinski definition) is 3. The molecular weight excluding hydrogens is 286 g/mol. The zero-order valence-corrected chi connectivity index (χ0v) is 16.1. The van der Waals surface area contributed by atoms with Crippen LogP contribution in [-0.4, -0.2) is 48.5 Å². The van der Waals surface area contributed by atoms with Crippen molar-refractivity contribution in [2.24, 2.45) is 16.7 Å². The molecule has 0 saturated heterocycles. The first-order valence-electron chi connectivity index (χ1n) is 9.87. The van der Waals surface area contributed by atoms with Gasteiger partial charge in [0.1, 0.15) is 0 Å². The number of rotatable bonds is 10. The van der Waals surface area contributed by atoms with Crippen molar-refractivity contribution in [2.45, 2.75) is 85.4 Å². The maximum absolute atomic E-state index is 10.3. The summed E-state index contributed by atoms with van der Waals surface area (Å²) in [5.74, 6) is 0.826. The van der Waals surface area contributed by atoms with Gasteiger partial charge in [0.05, 0.1) is 12.2 Å². The quantitative estimate of drug-likeness (QED) is 0.656. The predicted octanol–water partition coefficient (Wildman–Crippen LogP) is 4.09. The van der Waals surface area contributed by atoms with Crippen molar-refractivity contribution in [1.82, 2.24) is 4.90 Å². The molecule has 1 N–H and O–H groups in total. The van der Waals surface area contributed by atoms with E-state index in [4.69, 9.17) is 4.74 Å². The Bertz CT molecular complexity index is 365. The first-order chi connectivity index (χ1) is 10.8. The van der Waals surface area contributed by atoms with Gasteiger partial charge in [0.15, 0.2) is 0 Å². The summed E-state index contributed by atoms with van der Waals surface area (Å²) >= 11 is 0. The molecule has 2 fully saturated rings. The van der Waals surface area contributed by atoms with Crippen LogP contribution < -0.4 is 0 Å². The molecule has 4 atom stereocenters. The highest BCUT2D eigenvalue weighted by Gasteiger charge is 2.61. The van der Waals surface area contributed by atoms with E-state index in [1.165, 1.54) is 19.3 Å². The Hall–Kier alpha value is -0.120. The lowest BCUT2D eigenvalue weighted by Crippen LogP contribution is -2.38. The van der Waals surface area contributed by atoms with Gasteiger partial charge in [-0.15, -0.1) is 0 Å². The van der Waals surface area contributed by atoms with E-state index in [1.54, 1.807) is 0 Å².